The standard InChI is InChI=1S/C16H20ClN3O2/c1-10(2)21-14-6-5-12(17)8-13(14)15-19-16(22-20-15)11-4-3-7-18-9-11/h5-6,8,10-11,18H,3-4,7,9H2,1-2H3. The topological polar surface area (TPSA) is 60.2 Å². The summed E-state index contributed by atoms with van der Waals surface area (Å²) in [6.07, 6.45) is 2.26. The van der Waals surface area contributed by atoms with Gasteiger partial charge < -0.3 is 14.6 Å². The molecule has 1 saturated heterocycles. The van der Waals surface area contributed by atoms with Crippen LogP contribution in [0.1, 0.15) is 38.5 Å². The van der Waals surface area contributed by atoms with Gasteiger partial charge >= 0.3 is 0 Å². The molecule has 1 unspecified atom stereocenters. The molecule has 0 spiro atoms. The molecule has 6 heteroatoms. The van der Waals surface area contributed by atoms with Gasteiger partial charge in [0.2, 0.25) is 11.7 Å². The molecule has 5 nitrogen and oxygen atoms in total. The Bertz CT molecular complexity index is 636. The summed E-state index contributed by atoms with van der Waals surface area (Å²) in [5.74, 6) is 2.20. The van der Waals surface area contributed by atoms with Gasteiger partial charge in [0.15, 0.2) is 0 Å². The van der Waals surface area contributed by atoms with E-state index in [9.17, 15) is 0 Å². The monoisotopic (exact) mass is 321 g/mol. The predicted molar refractivity (Wildman–Crippen MR) is 85.4 cm³/mol. The van der Waals surface area contributed by atoms with E-state index in [1.165, 1.54) is 0 Å². The maximum absolute atomic E-state index is 6.11. The average Bonchev–Trinajstić information content (AvgIpc) is 2.99. The van der Waals surface area contributed by atoms with Gasteiger partial charge in [-0.3, -0.25) is 0 Å². The van der Waals surface area contributed by atoms with Gasteiger partial charge in [-0.1, -0.05) is 16.8 Å². The molecule has 22 heavy (non-hydrogen) atoms. The third-order valence-corrected chi connectivity index (χ3v) is 3.87. The van der Waals surface area contributed by atoms with Crippen LogP contribution in [-0.2, 0) is 0 Å². The molecule has 2 heterocycles. The van der Waals surface area contributed by atoms with Gasteiger partial charge in [-0.15, -0.1) is 0 Å². The molecule has 1 fully saturated rings. The second-order valence-electron chi connectivity index (χ2n) is 5.81. The van der Waals surface area contributed by atoms with Crippen molar-refractivity contribution in [3.8, 4) is 17.1 Å². The molecule has 0 aliphatic carbocycles. The molecular formula is C16H20ClN3O2. The molecule has 1 atom stereocenters. The lowest BCUT2D eigenvalue weighted by atomic mass is 10.00. The first kappa shape index (κ1) is 15.3. The van der Waals surface area contributed by atoms with Crippen molar-refractivity contribution in [2.75, 3.05) is 13.1 Å². The molecule has 118 valence electrons. The number of hydrogen-bond donors (Lipinski definition) is 1. The number of nitrogens with zero attached hydrogens (tertiary/aromatic N) is 2. The summed E-state index contributed by atoms with van der Waals surface area (Å²) in [6, 6.07) is 5.46. The van der Waals surface area contributed by atoms with Gasteiger partial charge in [-0.25, -0.2) is 0 Å². The summed E-state index contributed by atoms with van der Waals surface area (Å²) < 4.78 is 11.3. The number of halogens is 1. The van der Waals surface area contributed by atoms with E-state index in [1.807, 2.05) is 26.0 Å². The normalized spacial score (nSPS) is 18.6. The summed E-state index contributed by atoms with van der Waals surface area (Å²) in [6.45, 7) is 5.90. The van der Waals surface area contributed by atoms with Crippen molar-refractivity contribution in [3.05, 3.63) is 29.1 Å². The summed E-state index contributed by atoms with van der Waals surface area (Å²) in [4.78, 5) is 4.56. The number of benzene rings is 1. The Labute approximate surface area is 135 Å². The van der Waals surface area contributed by atoms with Crippen LogP contribution >= 0.6 is 11.6 Å². The number of aromatic nitrogens is 2. The number of ether oxygens (including phenoxy) is 1. The molecule has 0 bridgehead atoms. The van der Waals surface area contributed by atoms with E-state index < -0.39 is 0 Å². The summed E-state index contributed by atoms with van der Waals surface area (Å²) in [5.41, 5.74) is 0.764. The highest BCUT2D eigenvalue weighted by molar-refractivity contribution is 6.30. The van der Waals surface area contributed by atoms with E-state index in [2.05, 4.69) is 15.5 Å². The molecule has 1 N–H and O–H groups in total. The quantitative estimate of drug-likeness (QED) is 0.931. The van der Waals surface area contributed by atoms with Crippen molar-refractivity contribution in [1.29, 1.82) is 0 Å². The molecule has 0 radical (unpaired) electrons. The van der Waals surface area contributed by atoms with Crippen LogP contribution in [0.2, 0.25) is 5.02 Å². The maximum Gasteiger partial charge on any atom is 0.231 e. The first-order chi connectivity index (χ1) is 10.6. The van der Waals surface area contributed by atoms with E-state index in [-0.39, 0.29) is 12.0 Å². The zero-order valence-corrected chi connectivity index (χ0v) is 13.6. The van der Waals surface area contributed by atoms with Crippen LogP contribution in [0.15, 0.2) is 22.7 Å². The average molecular weight is 322 g/mol. The predicted octanol–water partition coefficient (Wildman–Crippen LogP) is 3.64. The van der Waals surface area contributed by atoms with Crippen LogP contribution in [0.25, 0.3) is 11.4 Å². The van der Waals surface area contributed by atoms with E-state index in [0.717, 1.165) is 31.5 Å². The summed E-state index contributed by atoms with van der Waals surface area (Å²) in [5, 5.41) is 8.10. The third-order valence-electron chi connectivity index (χ3n) is 3.63. The molecule has 1 aliphatic heterocycles. The van der Waals surface area contributed by atoms with Crippen molar-refractivity contribution in [3.63, 3.8) is 0 Å². The minimum atomic E-state index is 0.0637. The summed E-state index contributed by atoms with van der Waals surface area (Å²) >= 11 is 6.11. The van der Waals surface area contributed by atoms with Gasteiger partial charge in [0.25, 0.3) is 0 Å². The Hall–Kier alpha value is -1.59. The lowest BCUT2D eigenvalue weighted by Gasteiger charge is -2.18. The van der Waals surface area contributed by atoms with Gasteiger partial charge in [0, 0.05) is 11.6 Å². The Morgan fingerprint density at radius 3 is 3.00 bits per heavy atom. The zero-order chi connectivity index (χ0) is 15.5. The number of nitrogens with one attached hydrogen (secondary N) is 1. The third kappa shape index (κ3) is 3.42. The molecule has 2 aromatic rings. The number of hydrogen-bond acceptors (Lipinski definition) is 5. The Morgan fingerprint density at radius 1 is 1.41 bits per heavy atom. The van der Waals surface area contributed by atoms with Crippen molar-refractivity contribution in [2.45, 2.75) is 38.7 Å². The molecular weight excluding hydrogens is 302 g/mol. The van der Waals surface area contributed by atoms with Crippen LogP contribution in [0.4, 0.5) is 0 Å². The highest BCUT2D eigenvalue weighted by Gasteiger charge is 2.23. The van der Waals surface area contributed by atoms with Gasteiger partial charge in [-0.05, 0) is 51.4 Å². The molecule has 3 rings (SSSR count). The zero-order valence-electron chi connectivity index (χ0n) is 12.8. The van der Waals surface area contributed by atoms with Crippen LogP contribution in [-0.4, -0.2) is 29.3 Å². The fourth-order valence-electron chi connectivity index (χ4n) is 2.61. The van der Waals surface area contributed by atoms with E-state index in [4.69, 9.17) is 20.9 Å². The SMILES string of the molecule is CC(C)Oc1ccc(Cl)cc1-c1noc(C2CCCNC2)n1. The Balaban J connectivity index is 1.90. The first-order valence-electron chi connectivity index (χ1n) is 7.64. The fraction of sp³-hybridized carbons (Fsp3) is 0.500. The van der Waals surface area contributed by atoms with Gasteiger partial charge in [0.05, 0.1) is 17.6 Å². The number of piperidine rings is 1. The van der Waals surface area contributed by atoms with E-state index in [1.54, 1.807) is 6.07 Å². The molecule has 1 aliphatic rings. The molecule has 1 aromatic heterocycles. The lowest BCUT2D eigenvalue weighted by molar-refractivity contribution is 0.243. The Kier molecular flexibility index (Phi) is 4.64. The number of rotatable bonds is 4. The van der Waals surface area contributed by atoms with Crippen molar-refractivity contribution in [1.82, 2.24) is 15.5 Å². The molecule has 0 saturated carbocycles. The molecule has 1 aromatic carbocycles. The van der Waals surface area contributed by atoms with Crippen molar-refractivity contribution >= 4 is 11.6 Å². The highest BCUT2D eigenvalue weighted by atomic mass is 35.5. The van der Waals surface area contributed by atoms with Crippen LogP contribution in [0.3, 0.4) is 0 Å². The van der Waals surface area contributed by atoms with Crippen LogP contribution < -0.4 is 10.1 Å². The fourth-order valence-corrected chi connectivity index (χ4v) is 2.78. The van der Waals surface area contributed by atoms with E-state index in [0.29, 0.717) is 22.5 Å². The largest absolute Gasteiger partial charge is 0.490 e. The van der Waals surface area contributed by atoms with Crippen molar-refractivity contribution in [2.24, 2.45) is 0 Å². The highest BCUT2D eigenvalue weighted by Crippen LogP contribution is 2.33. The minimum absolute atomic E-state index is 0.0637. The van der Waals surface area contributed by atoms with Crippen LogP contribution in [0, 0.1) is 0 Å². The second kappa shape index (κ2) is 6.67. The van der Waals surface area contributed by atoms with Gasteiger partial charge in [0.1, 0.15) is 5.75 Å². The molecule has 0 amide bonds. The van der Waals surface area contributed by atoms with E-state index >= 15 is 0 Å². The van der Waals surface area contributed by atoms with Gasteiger partial charge in [-0.2, -0.15) is 4.98 Å². The first-order valence-corrected chi connectivity index (χ1v) is 8.02. The van der Waals surface area contributed by atoms with Crippen LogP contribution in [0.5, 0.6) is 5.75 Å². The maximum atomic E-state index is 6.11. The Morgan fingerprint density at radius 2 is 2.27 bits per heavy atom. The minimum Gasteiger partial charge on any atom is -0.490 e. The smallest absolute Gasteiger partial charge is 0.231 e. The lowest BCUT2D eigenvalue weighted by Crippen LogP contribution is -2.28. The second-order valence-corrected chi connectivity index (χ2v) is 6.24. The van der Waals surface area contributed by atoms with Crippen molar-refractivity contribution < 1.29 is 9.26 Å². The summed E-state index contributed by atoms with van der Waals surface area (Å²) in [7, 11) is 0.